The minimum atomic E-state index is -4.64. The zero-order chi connectivity index (χ0) is 35.6. The van der Waals surface area contributed by atoms with Gasteiger partial charge in [0.15, 0.2) is 6.10 Å². The van der Waals surface area contributed by atoms with Gasteiger partial charge in [0.2, 0.25) is 0 Å². The van der Waals surface area contributed by atoms with Crippen molar-refractivity contribution in [2.75, 3.05) is 26.4 Å². The summed E-state index contributed by atoms with van der Waals surface area (Å²) in [6.45, 7) is 2.03. The van der Waals surface area contributed by atoms with Crippen molar-refractivity contribution in [2.24, 2.45) is 0 Å². The number of ether oxygens (including phenoxy) is 2. The monoisotopic (exact) mass is 696 g/mol. The molecule has 0 spiro atoms. The number of aliphatic hydroxyl groups is 2. The Morgan fingerprint density at radius 1 is 0.667 bits per heavy atom. The van der Waals surface area contributed by atoms with Crippen LogP contribution in [0.3, 0.4) is 0 Å². The molecule has 0 aromatic rings. The number of hydrogen-bond acceptors (Lipinski definition) is 9. The molecule has 10 nitrogen and oxygen atoms in total. The van der Waals surface area contributed by atoms with Crippen LogP contribution in [0, 0.1) is 0 Å². The van der Waals surface area contributed by atoms with Crippen LogP contribution in [0.1, 0.15) is 110 Å². The van der Waals surface area contributed by atoms with Crippen molar-refractivity contribution in [3.05, 3.63) is 72.9 Å². The Morgan fingerprint density at radius 2 is 1.21 bits per heavy atom. The predicted octanol–water partition coefficient (Wildman–Crippen LogP) is 8.16. The summed E-state index contributed by atoms with van der Waals surface area (Å²) in [6, 6.07) is 0. The number of hydrogen-bond donors (Lipinski definition) is 3. The van der Waals surface area contributed by atoms with Crippen LogP contribution in [-0.4, -0.2) is 65.7 Å². The molecule has 0 aliphatic rings. The molecule has 0 bridgehead atoms. The average Bonchev–Trinajstić information content (AvgIpc) is 3.07. The minimum absolute atomic E-state index is 0.0532. The van der Waals surface area contributed by atoms with E-state index in [1.807, 2.05) is 18.2 Å². The standard InChI is InChI=1S/C37H61O10P/c1-3-5-7-9-11-13-15-16-17-18-19-21-23-25-27-29-37(41)47-35(33-46-48(42,43)45-31-34(39)30-38)32-44-36(40)28-26-24-22-20-14-12-10-8-6-4-2/h5,7-8,10-11,13,16-17,19,21,25,27,34-35,38-39H,3-4,6,9,12,14-15,18,20,22-24,26,28-33H2,1-2H3,(H,42,43)/b7-5-,10-8-,13-11-,17-16-,21-19-,27-25-. The maximum Gasteiger partial charge on any atom is 0.472 e. The second-order valence-corrected chi connectivity index (χ2v) is 12.6. The highest BCUT2D eigenvalue weighted by Gasteiger charge is 2.27. The van der Waals surface area contributed by atoms with Gasteiger partial charge in [-0.2, -0.15) is 0 Å². The van der Waals surface area contributed by atoms with Gasteiger partial charge in [-0.1, -0.05) is 112 Å². The molecule has 3 N–H and O–H groups in total. The summed E-state index contributed by atoms with van der Waals surface area (Å²) >= 11 is 0. The molecule has 3 atom stereocenters. The molecule has 0 aliphatic carbocycles. The molecule has 274 valence electrons. The van der Waals surface area contributed by atoms with Gasteiger partial charge in [-0.05, 0) is 57.8 Å². The highest BCUT2D eigenvalue weighted by molar-refractivity contribution is 7.47. The van der Waals surface area contributed by atoms with Gasteiger partial charge >= 0.3 is 19.8 Å². The second-order valence-electron chi connectivity index (χ2n) is 11.2. The number of carbonyl (C=O) groups excluding carboxylic acids is 2. The lowest BCUT2D eigenvalue weighted by Crippen LogP contribution is -2.29. The number of rotatable bonds is 31. The fourth-order valence-corrected chi connectivity index (χ4v) is 4.74. The highest BCUT2D eigenvalue weighted by atomic mass is 31.2. The average molecular weight is 697 g/mol. The first-order valence-electron chi connectivity index (χ1n) is 17.4. The van der Waals surface area contributed by atoms with Gasteiger partial charge in [0.05, 0.1) is 26.2 Å². The Morgan fingerprint density at radius 3 is 1.81 bits per heavy atom. The van der Waals surface area contributed by atoms with Gasteiger partial charge in [-0.3, -0.25) is 18.6 Å². The normalized spacial score (nSPS) is 15.0. The second kappa shape index (κ2) is 32.9. The lowest BCUT2D eigenvalue weighted by atomic mass is 10.1. The molecule has 48 heavy (non-hydrogen) atoms. The highest BCUT2D eigenvalue weighted by Crippen LogP contribution is 2.43. The van der Waals surface area contributed by atoms with E-state index in [4.69, 9.17) is 19.1 Å². The SMILES string of the molecule is CC/C=C\C/C=C\C/C=C\C/C=C\C/C=C\CC(=O)OC(COC(=O)CCCCCCC/C=C\CCC)COP(=O)(O)OCC(O)CO. The van der Waals surface area contributed by atoms with E-state index in [1.165, 1.54) is 0 Å². The van der Waals surface area contributed by atoms with Crippen LogP contribution in [0.15, 0.2) is 72.9 Å². The number of carbonyl (C=O) groups is 2. The zero-order valence-electron chi connectivity index (χ0n) is 29.2. The molecule has 3 unspecified atom stereocenters. The summed E-state index contributed by atoms with van der Waals surface area (Å²) in [7, 11) is -4.64. The number of esters is 2. The van der Waals surface area contributed by atoms with Crippen LogP contribution < -0.4 is 0 Å². The van der Waals surface area contributed by atoms with Crippen LogP contribution in [0.2, 0.25) is 0 Å². The third kappa shape index (κ3) is 32.0. The molecule has 11 heteroatoms. The summed E-state index contributed by atoms with van der Waals surface area (Å²) in [5, 5.41) is 18.2. The van der Waals surface area contributed by atoms with E-state index in [9.17, 15) is 24.2 Å². The third-order valence-corrected chi connectivity index (χ3v) is 7.56. The molecule has 0 saturated carbocycles. The van der Waals surface area contributed by atoms with Crippen LogP contribution >= 0.6 is 7.82 Å². The van der Waals surface area contributed by atoms with Crippen LogP contribution in [0.4, 0.5) is 0 Å². The summed E-state index contributed by atoms with van der Waals surface area (Å²) in [4.78, 5) is 34.6. The van der Waals surface area contributed by atoms with Gasteiger partial charge < -0.3 is 24.6 Å². The number of allylic oxidation sites excluding steroid dienone is 11. The van der Waals surface area contributed by atoms with Gasteiger partial charge in [0, 0.05) is 6.42 Å². The molecule has 0 rings (SSSR count). The smallest absolute Gasteiger partial charge is 0.462 e. The number of phosphoric ester groups is 1. The third-order valence-electron chi connectivity index (χ3n) is 6.61. The van der Waals surface area contributed by atoms with E-state index in [-0.39, 0.29) is 19.4 Å². The largest absolute Gasteiger partial charge is 0.472 e. The van der Waals surface area contributed by atoms with Crippen molar-refractivity contribution in [3.8, 4) is 0 Å². The molecule has 0 amide bonds. The first kappa shape index (κ1) is 45.4. The summed E-state index contributed by atoms with van der Waals surface area (Å²) < 4.78 is 32.3. The lowest BCUT2D eigenvalue weighted by Gasteiger charge is -2.20. The molecule has 0 fully saturated rings. The maximum atomic E-state index is 12.4. The topological polar surface area (TPSA) is 149 Å². The Labute approximate surface area is 288 Å². The molecular formula is C37H61O10P. The van der Waals surface area contributed by atoms with Crippen molar-refractivity contribution in [3.63, 3.8) is 0 Å². The fourth-order valence-electron chi connectivity index (χ4n) is 3.95. The summed E-state index contributed by atoms with van der Waals surface area (Å²) in [6.07, 6.45) is 34.9. The van der Waals surface area contributed by atoms with E-state index in [1.54, 1.807) is 6.08 Å². The minimum Gasteiger partial charge on any atom is -0.462 e. The van der Waals surface area contributed by atoms with Gasteiger partial charge in [0.1, 0.15) is 12.7 Å². The van der Waals surface area contributed by atoms with Crippen molar-refractivity contribution in [1.29, 1.82) is 0 Å². The van der Waals surface area contributed by atoms with Crippen LogP contribution in [-0.2, 0) is 32.7 Å². The molecule has 0 aliphatic heterocycles. The first-order valence-corrected chi connectivity index (χ1v) is 18.9. The number of unbranched alkanes of at least 4 members (excludes halogenated alkanes) is 6. The quantitative estimate of drug-likeness (QED) is 0.0281. The van der Waals surface area contributed by atoms with Crippen molar-refractivity contribution in [1.82, 2.24) is 0 Å². The number of aliphatic hydroxyl groups excluding tert-OH is 2. The molecule has 0 heterocycles. The molecule has 0 aromatic heterocycles. The molecule has 0 aromatic carbocycles. The van der Waals surface area contributed by atoms with Gasteiger partial charge in [0.25, 0.3) is 0 Å². The van der Waals surface area contributed by atoms with Crippen molar-refractivity contribution < 1.29 is 47.8 Å². The Kier molecular flexibility index (Phi) is 31.2. The number of phosphoric acid groups is 1. The van der Waals surface area contributed by atoms with Crippen molar-refractivity contribution in [2.45, 2.75) is 122 Å². The Hall–Kier alpha value is -2.59. The zero-order valence-corrected chi connectivity index (χ0v) is 30.1. The van der Waals surface area contributed by atoms with Gasteiger partial charge in [-0.15, -0.1) is 0 Å². The maximum absolute atomic E-state index is 12.4. The van der Waals surface area contributed by atoms with Crippen molar-refractivity contribution >= 4 is 19.8 Å². The first-order chi connectivity index (χ1) is 23.2. The van der Waals surface area contributed by atoms with E-state index < -0.39 is 51.8 Å². The van der Waals surface area contributed by atoms with E-state index in [0.29, 0.717) is 12.8 Å². The molecule has 0 saturated heterocycles. The Bertz CT molecular complexity index is 1030. The van der Waals surface area contributed by atoms with Gasteiger partial charge in [-0.25, -0.2) is 4.57 Å². The predicted molar refractivity (Wildman–Crippen MR) is 191 cm³/mol. The van der Waals surface area contributed by atoms with E-state index in [0.717, 1.165) is 70.6 Å². The molecular weight excluding hydrogens is 635 g/mol. The lowest BCUT2D eigenvalue weighted by molar-refractivity contribution is -0.160. The van der Waals surface area contributed by atoms with Crippen LogP contribution in [0.5, 0.6) is 0 Å². The summed E-state index contributed by atoms with van der Waals surface area (Å²) in [5.41, 5.74) is 0. The summed E-state index contributed by atoms with van der Waals surface area (Å²) in [5.74, 6) is -1.10. The molecule has 0 radical (unpaired) electrons. The Balaban J connectivity index is 4.61. The fraction of sp³-hybridized carbons (Fsp3) is 0.622. The van der Waals surface area contributed by atoms with Crippen LogP contribution in [0.25, 0.3) is 0 Å². The van der Waals surface area contributed by atoms with E-state index >= 15 is 0 Å². The van der Waals surface area contributed by atoms with E-state index in [2.05, 4.69) is 67.0 Å².